The Hall–Kier alpha value is -1.26. The van der Waals surface area contributed by atoms with E-state index in [1.54, 1.807) is 0 Å². The zero-order valence-corrected chi connectivity index (χ0v) is 14.2. The molecule has 0 saturated carbocycles. The predicted molar refractivity (Wildman–Crippen MR) is 92.6 cm³/mol. The van der Waals surface area contributed by atoms with E-state index < -0.39 is 0 Å². The van der Waals surface area contributed by atoms with Crippen molar-refractivity contribution in [1.29, 1.82) is 0 Å². The molecular weight excluding hydrogens is 346 g/mol. The summed E-state index contributed by atoms with van der Waals surface area (Å²) in [6.07, 6.45) is 2.04. The smallest absolute Gasteiger partial charge is 0.259 e. The lowest BCUT2D eigenvalue weighted by molar-refractivity contribution is 0.0984. The lowest BCUT2D eigenvalue weighted by Gasteiger charge is -2.30. The molecule has 0 aliphatic carbocycles. The highest BCUT2D eigenvalue weighted by Gasteiger charge is 2.24. The number of benzene rings is 2. The minimum Gasteiger partial charge on any atom is -0.308 e. The average Bonchev–Trinajstić information content (AvgIpc) is 2.48. The Bertz CT molecular complexity index is 714. The first-order valence-electron chi connectivity index (χ1n) is 6.96. The average molecular weight is 362 g/mol. The van der Waals surface area contributed by atoms with Gasteiger partial charge in [0, 0.05) is 21.6 Å². The van der Waals surface area contributed by atoms with Gasteiger partial charge in [0.15, 0.2) is 0 Å². The van der Waals surface area contributed by atoms with Gasteiger partial charge in [-0.1, -0.05) is 17.7 Å². The number of halogens is 1. The number of amides is 1. The van der Waals surface area contributed by atoms with Crippen LogP contribution in [0.1, 0.15) is 27.9 Å². The number of aryl methyl sites for hydroxylation is 2. The van der Waals surface area contributed by atoms with Crippen LogP contribution in [0.15, 0.2) is 45.8 Å². The molecule has 2 aromatic rings. The van der Waals surface area contributed by atoms with Crippen LogP contribution in [0.4, 0.5) is 5.69 Å². The SMILES string of the molecule is Cc1ccc2c(c1)CCCN2C(=O)c1cc(S)ccc1Br. The highest BCUT2D eigenvalue weighted by molar-refractivity contribution is 9.10. The quantitative estimate of drug-likeness (QED) is 0.733. The maximum absolute atomic E-state index is 12.9. The predicted octanol–water partition coefficient (Wildman–Crippen LogP) is 4.64. The molecule has 0 bridgehead atoms. The monoisotopic (exact) mass is 361 g/mol. The molecular formula is C17H16BrNOS. The maximum atomic E-state index is 12.9. The van der Waals surface area contributed by atoms with Crippen molar-refractivity contribution in [3.63, 3.8) is 0 Å². The van der Waals surface area contributed by atoms with Crippen LogP contribution >= 0.6 is 28.6 Å². The molecule has 1 aliphatic heterocycles. The van der Waals surface area contributed by atoms with Gasteiger partial charge >= 0.3 is 0 Å². The summed E-state index contributed by atoms with van der Waals surface area (Å²) in [6.45, 7) is 2.85. The van der Waals surface area contributed by atoms with Crippen molar-refractivity contribution in [2.75, 3.05) is 11.4 Å². The van der Waals surface area contributed by atoms with Crippen LogP contribution in [0, 0.1) is 6.92 Å². The first-order chi connectivity index (χ1) is 10.1. The summed E-state index contributed by atoms with van der Waals surface area (Å²) in [5.41, 5.74) is 4.19. The Kier molecular flexibility index (Phi) is 4.09. The number of nitrogens with zero attached hydrogens (tertiary/aromatic N) is 1. The Morgan fingerprint density at radius 3 is 2.86 bits per heavy atom. The summed E-state index contributed by atoms with van der Waals surface area (Å²) >= 11 is 7.80. The molecule has 0 saturated heterocycles. The van der Waals surface area contributed by atoms with Crippen molar-refractivity contribution in [2.24, 2.45) is 0 Å². The van der Waals surface area contributed by atoms with Crippen LogP contribution in [0.25, 0.3) is 0 Å². The van der Waals surface area contributed by atoms with Crippen molar-refractivity contribution in [3.05, 3.63) is 57.6 Å². The molecule has 2 nitrogen and oxygen atoms in total. The van der Waals surface area contributed by atoms with E-state index in [4.69, 9.17) is 0 Å². The minimum absolute atomic E-state index is 0.0302. The van der Waals surface area contributed by atoms with Crippen molar-refractivity contribution >= 4 is 40.2 Å². The van der Waals surface area contributed by atoms with Crippen LogP contribution in [-0.4, -0.2) is 12.5 Å². The van der Waals surface area contributed by atoms with Crippen molar-refractivity contribution in [2.45, 2.75) is 24.7 Å². The van der Waals surface area contributed by atoms with Gasteiger partial charge in [0.25, 0.3) is 5.91 Å². The van der Waals surface area contributed by atoms with Crippen LogP contribution in [0.2, 0.25) is 0 Å². The third kappa shape index (κ3) is 2.87. The number of rotatable bonds is 1. The molecule has 0 spiro atoms. The second kappa shape index (κ2) is 5.85. The van der Waals surface area contributed by atoms with E-state index in [9.17, 15) is 4.79 Å². The molecule has 0 aromatic heterocycles. The Morgan fingerprint density at radius 1 is 1.24 bits per heavy atom. The van der Waals surface area contributed by atoms with Gasteiger partial charge in [-0.3, -0.25) is 4.79 Å². The van der Waals surface area contributed by atoms with E-state index in [-0.39, 0.29) is 5.91 Å². The third-order valence-electron chi connectivity index (χ3n) is 3.78. The summed E-state index contributed by atoms with van der Waals surface area (Å²) in [5.74, 6) is 0.0302. The fourth-order valence-electron chi connectivity index (χ4n) is 2.76. The fourth-order valence-corrected chi connectivity index (χ4v) is 3.38. The second-order valence-electron chi connectivity index (χ2n) is 5.36. The van der Waals surface area contributed by atoms with E-state index in [2.05, 4.69) is 53.7 Å². The number of thiol groups is 1. The van der Waals surface area contributed by atoms with E-state index in [1.807, 2.05) is 23.1 Å². The minimum atomic E-state index is 0.0302. The molecule has 108 valence electrons. The highest BCUT2D eigenvalue weighted by atomic mass is 79.9. The Labute approximate surface area is 138 Å². The number of anilines is 1. The maximum Gasteiger partial charge on any atom is 0.259 e. The molecule has 21 heavy (non-hydrogen) atoms. The van der Waals surface area contributed by atoms with E-state index >= 15 is 0 Å². The summed E-state index contributed by atoms with van der Waals surface area (Å²) in [5, 5.41) is 0. The summed E-state index contributed by atoms with van der Waals surface area (Å²) in [6, 6.07) is 11.9. The third-order valence-corrected chi connectivity index (χ3v) is 4.75. The summed E-state index contributed by atoms with van der Waals surface area (Å²) in [4.78, 5) is 15.6. The number of fused-ring (bicyclic) bond motifs is 1. The van der Waals surface area contributed by atoms with Crippen LogP contribution < -0.4 is 4.90 Å². The van der Waals surface area contributed by atoms with E-state index in [0.717, 1.165) is 34.4 Å². The van der Waals surface area contributed by atoms with Gasteiger partial charge in [-0.2, -0.15) is 0 Å². The largest absolute Gasteiger partial charge is 0.308 e. The molecule has 0 fully saturated rings. The van der Waals surface area contributed by atoms with Gasteiger partial charge in [0.05, 0.1) is 5.56 Å². The number of hydrogen-bond acceptors (Lipinski definition) is 2. The molecule has 3 rings (SSSR count). The van der Waals surface area contributed by atoms with Crippen LogP contribution in [0.3, 0.4) is 0 Å². The first-order valence-corrected chi connectivity index (χ1v) is 8.20. The molecule has 1 heterocycles. The van der Waals surface area contributed by atoms with E-state index in [1.165, 1.54) is 11.1 Å². The van der Waals surface area contributed by atoms with Crippen molar-refractivity contribution in [3.8, 4) is 0 Å². The topological polar surface area (TPSA) is 20.3 Å². The van der Waals surface area contributed by atoms with Gasteiger partial charge in [0.1, 0.15) is 0 Å². The molecule has 0 radical (unpaired) electrons. The molecule has 2 aromatic carbocycles. The van der Waals surface area contributed by atoms with E-state index in [0.29, 0.717) is 5.56 Å². The number of hydrogen-bond donors (Lipinski definition) is 1. The normalized spacial score (nSPS) is 14.0. The lowest BCUT2D eigenvalue weighted by atomic mass is 9.99. The zero-order valence-electron chi connectivity index (χ0n) is 11.8. The van der Waals surface area contributed by atoms with Crippen molar-refractivity contribution in [1.82, 2.24) is 0 Å². The second-order valence-corrected chi connectivity index (χ2v) is 6.73. The molecule has 1 aliphatic rings. The highest BCUT2D eigenvalue weighted by Crippen LogP contribution is 2.31. The molecule has 4 heteroatoms. The molecule has 1 amide bonds. The van der Waals surface area contributed by atoms with Gasteiger partial charge in [0.2, 0.25) is 0 Å². The standard InChI is InChI=1S/C17H16BrNOS/c1-11-4-7-16-12(9-11)3-2-8-19(16)17(20)14-10-13(21)5-6-15(14)18/h4-7,9-10,21H,2-3,8H2,1H3. The van der Waals surface area contributed by atoms with Gasteiger partial charge in [-0.05, 0) is 65.5 Å². The Morgan fingerprint density at radius 2 is 2.05 bits per heavy atom. The number of carbonyl (C=O) groups is 1. The lowest BCUT2D eigenvalue weighted by Crippen LogP contribution is -2.35. The number of carbonyl (C=O) groups excluding carboxylic acids is 1. The van der Waals surface area contributed by atoms with Gasteiger partial charge < -0.3 is 4.90 Å². The molecule has 0 N–H and O–H groups in total. The Balaban J connectivity index is 2.02. The van der Waals surface area contributed by atoms with Gasteiger partial charge in [-0.15, -0.1) is 12.6 Å². The molecule has 0 unspecified atom stereocenters. The van der Waals surface area contributed by atoms with Crippen LogP contribution in [-0.2, 0) is 6.42 Å². The molecule has 0 atom stereocenters. The first kappa shape index (κ1) is 14.7. The zero-order chi connectivity index (χ0) is 15.0. The van der Waals surface area contributed by atoms with Crippen LogP contribution in [0.5, 0.6) is 0 Å². The van der Waals surface area contributed by atoms with Gasteiger partial charge in [-0.25, -0.2) is 0 Å². The fraction of sp³-hybridized carbons (Fsp3) is 0.235. The van der Waals surface area contributed by atoms with Crippen molar-refractivity contribution < 1.29 is 4.79 Å². The summed E-state index contributed by atoms with van der Waals surface area (Å²) in [7, 11) is 0. The summed E-state index contributed by atoms with van der Waals surface area (Å²) < 4.78 is 0.810.